The van der Waals surface area contributed by atoms with Gasteiger partial charge in [0.15, 0.2) is 5.16 Å². The van der Waals surface area contributed by atoms with Gasteiger partial charge in [-0.3, -0.25) is 4.79 Å². The molecule has 8 heteroatoms. The molecule has 144 valence electrons. The van der Waals surface area contributed by atoms with Crippen molar-refractivity contribution in [3.05, 3.63) is 54.1 Å². The number of rotatable bonds is 7. The van der Waals surface area contributed by atoms with Gasteiger partial charge in [-0.1, -0.05) is 30.0 Å². The summed E-state index contributed by atoms with van der Waals surface area (Å²) in [6.45, 7) is 2.74. The molecule has 0 aliphatic rings. The number of ether oxygens (including phenoxy) is 1. The Balaban J connectivity index is 1.68. The third-order valence-corrected chi connectivity index (χ3v) is 4.67. The van der Waals surface area contributed by atoms with E-state index in [2.05, 4.69) is 25.3 Å². The smallest absolute Gasteiger partial charge is 0.337 e. The van der Waals surface area contributed by atoms with Crippen molar-refractivity contribution in [1.82, 2.24) is 9.97 Å². The molecule has 0 saturated carbocycles. The molecule has 0 atom stereocenters. The van der Waals surface area contributed by atoms with Crippen LogP contribution in [-0.2, 0) is 9.53 Å². The first kappa shape index (κ1) is 19.6. The summed E-state index contributed by atoms with van der Waals surface area (Å²) in [6, 6.07) is 14.3. The van der Waals surface area contributed by atoms with Crippen molar-refractivity contribution in [3.63, 3.8) is 0 Å². The fraction of sp³-hybridized carbons (Fsp3) is 0.200. The Bertz CT molecular complexity index is 1010. The summed E-state index contributed by atoms with van der Waals surface area (Å²) < 4.78 is 4.69. The number of fused-ring (bicyclic) bond motifs is 1. The highest BCUT2D eigenvalue weighted by Crippen LogP contribution is 2.24. The van der Waals surface area contributed by atoms with Crippen LogP contribution in [0.2, 0.25) is 0 Å². The predicted octanol–water partition coefficient (Wildman–Crippen LogP) is 3.58. The lowest BCUT2D eigenvalue weighted by Crippen LogP contribution is -2.15. The molecule has 3 rings (SSSR count). The zero-order valence-electron chi connectivity index (χ0n) is 15.6. The van der Waals surface area contributed by atoms with Crippen LogP contribution in [0.1, 0.15) is 17.3 Å². The lowest BCUT2D eigenvalue weighted by Gasteiger charge is -2.09. The molecule has 3 aromatic rings. The molecule has 0 unspecified atom stereocenters. The Kier molecular flexibility index (Phi) is 6.44. The molecule has 0 bridgehead atoms. The molecule has 0 spiro atoms. The maximum absolute atomic E-state index is 12.3. The first-order valence-corrected chi connectivity index (χ1v) is 9.71. The van der Waals surface area contributed by atoms with Gasteiger partial charge < -0.3 is 15.4 Å². The first-order chi connectivity index (χ1) is 13.6. The van der Waals surface area contributed by atoms with Crippen LogP contribution in [0.25, 0.3) is 10.9 Å². The molecule has 2 aromatic carbocycles. The van der Waals surface area contributed by atoms with Gasteiger partial charge in [0.1, 0.15) is 5.82 Å². The van der Waals surface area contributed by atoms with E-state index >= 15 is 0 Å². The first-order valence-electron chi connectivity index (χ1n) is 8.72. The summed E-state index contributed by atoms with van der Waals surface area (Å²) in [4.78, 5) is 32.9. The van der Waals surface area contributed by atoms with Crippen LogP contribution >= 0.6 is 11.8 Å². The number of para-hydroxylation sites is 1. The fourth-order valence-corrected chi connectivity index (χ4v) is 3.24. The van der Waals surface area contributed by atoms with Gasteiger partial charge in [-0.15, -0.1) is 0 Å². The maximum atomic E-state index is 12.3. The number of anilines is 2. The number of amides is 1. The van der Waals surface area contributed by atoms with Crippen molar-refractivity contribution in [2.45, 2.75) is 12.1 Å². The monoisotopic (exact) mass is 396 g/mol. The number of carbonyl (C=O) groups excluding carboxylic acids is 2. The second-order valence-corrected chi connectivity index (χ2v) is 6.75. The van der Waals surface area contributed by atoms with E-state index in [0.717, 1.165) is 23.3 Å². The van der Waals surface area contributed by atoms with Crippen molar-refractivity contribution >= 4 is 46.0 Å². The van der Waals surface area contributed by atoms with Crippen LogP contribution in [0.4, 0.5) is 11.5 Å². The molecule has 0 aliphatic heterocycles. The quantitative estimate of drug-likeness (QED) is 0.358. The molecule has 0 saturated heterocycles. The van der Waals surface area contributed by atoms with Crippen LogP contribution in [0.15, 0.2) is 53.7 Å². The number of methoxy groups -OCH3 is 1. The molecule has 1 aromatic heterocycles. The van der Waals surface area contributed by atoms with Gasteiger partial charge in [0.2, 0.25) is 5.91 Å². The Labute approximate surface area is 166 Å². The number of benzene rings is 2. The highest BCUT2D eigenvalue weighted by Gasteiger charge is 2.11. The van der Waals surface area contributed by atoms with Gasteiger partial charge in [-0.25, -0.2) is 14.8 Å². The number of nitrogens with zero attached hydrogens (tertiary/aromatic N) is 2. The topological polar surface area (TPSA) is 93.2 Å². The third kappa shape index (κ3) is 4.77. The van der Waals surface area contributed by atoms with E-state index in [1.165, 1.54) is 18.9 Å². The van der Waals surface area contributed by atoms with Crippen molar-refractivity contribution in [1.29, 1.82) is 0 Å². The second-order valence-electron chi connectivity index (χ2n) is 5.81. The molecule has 2 N–H and O–H groups in total. The molecule has 7 nitrogen and oxygen atoms in total. The average Bonchev–Trinajstić information content (AvgIpc) is 2.72. The number of hydrogen-bond donors (Lipinski definition) is 2. The molecular formula is C20H20N4O3S. The zero-order valence-corrected chi connectivity index (χ0v) is 16.4. The van der Waals surface area contributed by atoms with Gasteiger partial charge in [0, 0.05) is 17.6 Å². The summed E-state index contributed by atoms with van der Waals surface area (Å²) in [5.41, 5.74) is 1.73. The second kappa shape index (κ2) is 9.18. The van der Waals surface area contributed by atoms with Gasteiger partial charge in [-0.05, 0) is 37.3 Å². The fourth-order valence-electron chi connectivity index (χ4n) is 2.59. The number of thioether (sulfide) groups is 1. The zero-order chi connectivity index (χ0) is 19.9. The molecule has 0 fully saturated rings. The summed E-state index contributed by atoms with van der Waals surface area (Å²) >= 11 is 1.25. The SMILES string of the molecule is CCNc1nc(SCC(=O)Nc2cccc(C(=O)OC)c2)nc2ccccc12. The maximum Gasteiger partial charge on any atom is 0.337 e. The average molecular weight is 396 g/mol. The minimum absolute atomic E-state index is 0.145. The largest absolute Gasteiger partial charge is 0.465 e. The van der Waals surface area contributed by atoms with Crippen LogP contribution in [-0.4, -0.2) is 41.3 Å². The summed E-state index contributed by atoms with van der Waals surface area (Å²) in [6.07, 6.45) is 0. The van der Waals surface area contributed by atoms with E-state index in [0.29, 0.717) is 16.4 Å². The summed E-state index contributed by atoms with van der Waals surface area (Å²) in [5.74, 6) is 0.230. The predicted molar refractivity (Wildman–Crippen MR) is 111 cm³/mol. The Hall–Kier alpha value is -3.13. The molecule has 1 amide bonds. The van der Waals surface area contributed by atoms with E-state index in [1.54, 1.807) is 24.3 Å². The molecular weight excluding hydrogens is 376 g/mol. The lowest BCUT2D eigenvalue weighted by molar-refractivity contribution is -0.113. The number of carbonyl (C=O) groups is 2. The Morgan fingerprint density at radius 1 is 1.11 bits per heavy atom. The number of hydrogen-bond acceptors (Lipinski definition) is 7. The van der Waals surface area contributed by atoms with Crippen molar-refractivity contribution in [2.75, 3.05) is 30.0 Å². The minimum Gasteiger partial charge on any atom is -0.465 e. The molecule has 0 aliphatic carbocycles. The van der Waals surface area contributed by atoms with Gasteiger partial charge >= 0.3 is 5.97 Å². The van der Waals surface area contributed by atoms with Gasteiger partial charge in [0.25, 0.3) is 0 Å². The number of nitrogens with one attached hydrogen (secondary N) is 2. The summed E-state index contributed by atoms with van der Waals surface area (Å²) in [5, 5.41) is 7.47. The van der Waals surface area contributed by atoms with Crippen LogP contribution in [0.5, 0.6) is 0 Å². The van der Waals surface area contributed by atoms with Gasteiger partial charge in [-0.2, -0.15) is 0 Å². The Morgan fingerprint density at radius 2 is 1.93 bits per heavy atom. The third-order valence-electron chi connectivity index (χ3n) is 3.83. The standard InChI is InChI=1S/C20H20N4O3S/c1-3-21-18-15-9-4-5-10-16(15)23-20(24-18)28-12-17(25)22-14-8-6-7-13(11-14)19(26)27-2/h4-11H,3,12H2,1-2H3,(H,22,25)(H,21,23,24). The van der Waals surface area contributed by atoms with Crippen molar-refractivity contribution in [3.8, 4) is 0 Å². The number of esters is 1. The Morgan fingerprint density at radius 3 is 2.71 bits per heavy atom. The van der Waals surface area contributed by atoms with Gasteiger partial charge in [0.05, 0.1) is 23.9 Å². The molecule has 0 radical (unpaired) electrons. The lowest BCUT2D eigenvalue weighted by atomic mass is 10.2. The van der Waals surface area contributed by atoms with E-state index in [-0.39, 0.29) is 11.7 Å². The van der Waals surface area contributed by atoms with E-state index in [1.807, 2.05) is 31.2 Å². The van der Waals surface area contributed by atoms with Crippen molar-refractivity contribution in [2.24, 2.45) is 0 Å². The van der Waals surface area contributed by atoms with E-state index in [4.69, 9.17) is 0 Å². The highest BCUT2D eigenvalue weighted by atomic mass is 32.2. The summed E-state index contributed by atoms with van der Waals surface area (Å²) in [7, 11) is 1.31. The van der Waals surface area contributed by atoms with Crippen LogP contribution in [0, 0.1) is 0 Å². The van der Waals surface area contributed by atoms with Crippen LogP contribution < -0.4 is 10.6 Å². The molecule has 28 heavy (non-hydrogen) atoms. The van der Waals surface area contributed by atoms with Crippen LogP contribution in [0.3, 0.4) is 0 Å². The van der Waals surface area contributed by atoms with Crippen molar-refractivity contribution < 1.29 is 14.3 Å². The minimum atomic E-state index is -0.453. The van der Waals surface area contributed by atoms with E-state index in [9.17, 15) is 9.59 Å². The highest BCUT2D eigenvalue weighted by molar-refractivity contribution is 7.99. The number of aromatic nitrogens is 2. The van der Waals surface area contributed by atoms with E-state index < -0.39 is 5.97 Å². The molecule has 1 heterocycles. The normalized spacial score (nSPS) is 10.5.